The average Bonchev–Trinajstić information content (AvgIpc) is 2.76. The molecule has 0 bridgehead atoms. The molecule has 2 rings (SSSR count). The van der Waals surface area contributed by atoms with E-state index in [0.717, 1.165) is 55.6 Å². The molecule has 3 nitrogen and oxygen atoms in total. The summed E-state index contributed by atoms with van der Waals surface area (Å²) in [5.74, 6) is 0.346. The zero-order valence-corrected chi connectivity index (χ0v) is 18.3. The monoisotopic (exact) mass is 386 g/mol. The number of nitrogens with zero attached hydrogens (tertiary/aromatic N) is 2. The summed E-state index contributed by atoms with van der Waals surface area (Å²) in [5.41, 5.74) is 2.96. The van der Waals surface area contributed by atoms with Gasteiger partial charge in [0.25, 0.3) is 5.91 Å². The number of carbonyl (C=O) groups excluding carboxylic acids is 1. The number of hydrogen-bond donors (Lipinski definition) is 0. The smallest absolute Gasteiger partial charge is 0.268 e. The Hall–Kier alpha value is -1.55. The number of likely N-dealkylation sites (tertiary alicyclic amines) is 1. The van der Waals surface area contributed by atoms with E-state index < -0.39 is 0 Å². The molecule has 1 aromatic rings. The summed E-state index contributed by atoms with van der Waals surface area (Å²) in [5, 5.41) is 0.581. The summed E-state index contributed by atoms with van der Waals surface area (Å²) < 4.78 is 0. The van der Waals surface area contributed by atoms with E-state index in [1.807, 2.05) is 22.9 Å². The summed E-state index contributed by atoms with van der Waals surface area (Å²) in [7, 11) is 0. The second kappa shape index (κ2) is 10.7. The van der Waals surface area contributed by atoms with E-state index in [1.54, 1.807) is 0 Å². The van der Waals surface area contributed by atoms with Crippen molar-refractivity contribution in [3.63, 3.8) is 0 Å². The zero-order chi connectivity index (χ0) is 19.8. The maximum Gasteiger partial charge on any atom is 0.268 e. The first-order valence-corrected chi connectivity index (χ1v) is 11.1. The van der Waals surface area contributed by atoms with Crippen LogP contribution < -0.4 is 0 Å². The van der Waals surface area contributed by atoms with Gasteiger partial charge >= 0.3 is 0 Å². The molecule has 148 valence electrons. The third-order valence-corrected chi connectivity index (χ3v) is 5.91. The van der Waals surface area contributed by atoms with Crippen LogP contribution in [0.2, 0.25) is 0 Å². The molecule has 1 aromatic carbocycles. The first kappa shape index (κ1) is 21.7. The van der Waals surface area contributed by atoms with Crippen LogP contribution in [0.15, 0.2) is 40.4 Å². The lowest BCUT2D eigenvalue weighted by atomic mass is 10.0. The Bertz CT molecular complexity index is 674. The minimum atomic E-state index is 0.126. The Morgan fingerprint density at radius 1 is 1.33 bits per heavy atom. The number of amides is 1. The number of thioether (sulfide) groups is 1. The van der Waals surface area contributed by atoms with Crippen molar-refractivity contribution in [2.45, 2.75) is 70.4 Å². The maximum atomic E-state index is 12.9. The molecule has 1 amide bonds. The highest BCUT2D eigenvalue weighted by atomic mass is 32.2. The van der Waals surface area contributed by atoms with Crippen molar-refractivity contribution in [3.8, 4) is 0 Å². The van der Waals surface area contributed by atoms with Crippen LogP contribution in [0.3, 0.4) is 0 Å². The number of rotatable bonds is 7. The largest absolute Gasteiger partial charge is 0.338 e. The Kier molecular flexibility index (Phi) is 8.62. The highest BCUT2D eigenvalue weighted by Crippen LogP contribution is 2.25. The molecule has 0 aliphatic carbocycles. The highest BCUT2D eigenvalue weighted by molar-refractivity contribution is 7.99. The van der Waals surface area contributed by atoms with Crippen LogP contribution in [0.1, 0.15) is 65.9 Å². The molecule has 1 saturated heterocycles. The van der Waals surface area contributed by atoms with Crippen LogP contribution in [-0.4, -0.2) is 34.9 Å². The lowest BCUT2D eigenvalue weighted by molar-refractivity contribution is -0.124. The van der Waals surface area contributed by atoms with Gasteiger partial charge in [-0.05, 0) is 49.5 Å². The van der Waals surface area contributed by atoms with Crippen LogP contribution in [0.5, 0.6) is 0 Å². The molecule has 27 heavy (non-hydrogen) atoms. The van der Waals surface area contributed by atoms with Gasteiger partial charge in [0.15, 0.2) is 0 Å². The van der Waals surface area contributed by atoms with Crippen LogP contribution in [0, 0.1) is 5.92 Å². The fourth-order valence-corrected chi connectivity index (χ4v) is 4.09. The molecule has 4 heteroatoms. The lowest BCUT2D eigenvalue weighted by Gasteiger charge is -2.20. The molecule has 0 aromatic heterocycles. The van der Waals surface area contributed by atoms with Gasteiger partial charge in [0.1, 0.15) is 5.71 Å². The molecule has 0 spiro atoms. The summed E-state index contributed by atoms with van der Waals surface area (Å²) in [6.45, 7) is 12.5. The molecular formula is C23H34N2OS. The first-order chi connectivity index (χ1) is 12.9. The predicted octanol–water partition coefficient (Wildman–Crippen LogP) is 6.05. The Morgan fingerprint density at radius 2 is 2.04 bits per heavy atom. The highest BCUT2D eigenvalue weighted by Gasteiger charge is 2.27. The number of hydrogen-bond acceptors (Lipinski definition) is 3. The Labute approximate surface area is 169 Å². The first-order valence-electron chi connectivity index (χ1n) is 10.2. The molecule has 1 fully saturated rings. The molecule has 0 radical (unpaired) electrons. The normalized spacial score (nSPS) is 20.4. The molecule has 1 aliphatic heterocycles. The molecular weight excluding hydrogens is 352 g/mol. The topological polar surface area (TPSA) is 32.7 Å². The number of unbranched alkanes of at least 4 members (excludes halogenated alkanes) is 1. The van der Waals surface area contributed by atoms with Crippen molar-refractivity contribution in [3.05, 3.63) is 36.0 Å². The van der Waals surface area contributed by atoms with E-state index in [1.165, 1.54) is 4.90 Å². The SMILES string of the molecule is CCCCN1CCCC(C)C(=N/C=C(\C)c2ccc(SC(C)C)cc2)C1=O. The summed E-state index contributed by atoms with van der Waals surface area (Å²) >= 11 is 1.87. The van der Waals surface area contributed by atoms with E-state index in [9.17, 15) is 4.79 Å². The van der Waals surface area contributed by atoms with Crippen LogP contribution >= 0.6 is 11.8 Å². The second-order valence-electron chi connectivity index (χ2n) is 7.71. The quantitative estimate of drug-likeness (QED) is 0.535. The standard InChI is InChI=1S/C23H34N2OS/c1-6-7-14-25-15-8-9-18(4)22(23(25)26)24-16-19(5)20-10-12-21(13-11-20)27-17(2)3/h10-13,16-18H,6-9,14-15H2,1-5H3/b19-16+,24-22?. The summed E-state index contributed by atoms with van der Waals surface area (Å²) in [4.78, 5) is 20.9. The van der Waals surface area contributed by atoms with Gasteiger partial charge in [-0.2, -0.15) is 0 Å². The molecule has 0 N–H and O–H groups in total. The van der Waals surface area contributed by atoms with E-state index in [-0.39, 0.29) is 11.8 Å². The second-order valence-corrected chi connectivity index (χ2v) is 9.36. The zero-order valence-electron chi connectivity index (χ0n) is 17.5. The number of carbonyl (C=O) groups is 1. The van der Waals surface area contributed by atoms with Crippen molar-refractivity contribution in [1.29, 1.82) is 0 Å². The van der Waals surface area contributed by atoms with Gasteiger partial charge in [-0.3, -0.25) is 9.79 Å². The Morgan fingerprint density at radius 3 is 2.67 bits per heavy atom. The molecule has 0 saturated carbocycles. The molecule has 1 unspecified atom stereocenters. The van der Waals surface area contributed by atoms with Gasteiger partial charge < -0.3 is 4.90 Å². The summed E-state index contributed by atoms with van der Waals surface area (Å²) in [6, 6.07) is 8.61. The third kappa shape index (κ3) is 6.53. The van der Waals surface area contributed by atoms with Gasteiger partial charge in [0, 0.05) is 35.4 Å². The van der Waals surface area contributed by atoms with E-state index in [2.05, 4.69) is 63.9 Å². The van der Waals surface area contributed by atoms with Crippen molar-refractivity contribution in [2.24, 2.45) is 10.9 Å². The van der Waals surface area contributed by atoms with Gasteiger partial charge in [-0.15, -0.1) is 11.8 Å². The number of allylic oxidation sites excluding steroid dienone is 1. The van der Waals surface area contributed by atoms with Gasteiger partial charge in [0.2, 0.25) is 0 Å². The van der Waals surface area contributed by atoms with Gasteiger partial charge in [0.05, 0.1) is 0 Å². The minimum absolute atomic E-state index is 0.126. The average molecular weight is 387 g/mol. The van der Waals surface area contributed by atoms with E-state index >= 15 is 0 Å². The van der Waals surface area contributed by atoms with Crippen molar-refractivity contribution in [1.82, 2.24) is 4.90 Å². The minimum Gasteiger partial charge on any atom is -0.338 e. The van der Waals surface area contributed by atoms with Gasteiger partial charge in [-0.1, -0.05) is 46.2 Å². The number of aliphatic imine (C=N–C) groups is 1. The molecule has 1 heterocycles. The predicted molar refractivity (Wildman–Crippen MR) is 118 cm³/mol. The Balaban J connectivity index is 2.17. The van der Waals surface area contributed by atoms with Crippen LogP contribution in [0.4, 0.5) is 0 Å². The van der Waals surface area contributed by atoms with Crippen LogP contribution in [-0.2, 0) is 4.79 Å². The van der Waals surface area contributed by atoms with Crippen molar-refractivity contribution in [2.75, 3.05) is 13.1 Å². The fourth-order valence-electron chi connectivity index (χ4n) is 3.25. The molecule has 1 aliphatic rings. The van der Waals surface area contributed by atoms with E-state index in [4.69, 9.17) is 0 Å². The third-order valence-electron chi connectivity index (χ3n) is 4.90. The van der Waals surface area contributed by atoms with Crippen LogP contribution in [0.25, 0.3) is 5.57 Å². The van der Waals surface area contributed by atoms with Crippen molar-refractivity contribution >= 4 is 29.0 Å². The van der Waals surface area contributed by atoms with E-state index in [0.29, 0.717) is 5.25 Å². The van der Waals surface area contributed by atoms with Gasteiger partial charge in [-0.25, -0.2) is 0 Å². The number of benzene rings is 1. The lowest BCUT2D eigenvalue weighted by Crippen LogP contribution is -2.37. The molecule has 1 atom stereocenters. The summed E-state index contributed by atoms with van der Waals surface area (Å²) in [6.07, 6.45) is 6.13. The van der Waals surface area contributed by atoms with Crippen molar-refractivity contribution < 1.29 is 4.79 Å². The maximum absolute atomic E-state index is 12.9. The fraction of sp³-hybridized carbons (Fsp3) is 0.565.